The molecule has 0 radical (unpaired) electrons. The van der Waals surface area contributed by atoms with Crippen LogP contribution in [-0.2, 0) is 0 Å². The fourth-order valence-electron chi connectivity index (χ4n) is 3.33. The number of rotatable bonds is 3. The van der Waals surface area contributed by atoms with Crippen LogP contribution in [0.5, 0.6) is 0 Å². The highest BCUT2D eigenvalue weighted by molar-refractivity contribution is 6.32. The van der Waals surface area contributed by atoms with Gasteiger partial charge in [0.15, 0.2) is 11.6 Å². The van der Waals surface area contributed by atoms with Crippen molar-refractivity contribution in [3.05, 3.63) is 98.6 Å². The molecular formula is C21H13N3O5. The SMILES string of the molecule is Nc1cccc2c1C(=O)c1cccc(NC(=O)c3cccc([N+](=O)[O-])c3)c1C2=O. The zero-order valence-corrected chi connectivity index (χ0v) is 14.8. The molecule has 29 heavy (non-hydrogen) atoms. The van der Waals surface area contributed by atoms with Gasteiger partial charge in [0.2, 0.25) is 0 Å². The zero-order chi connectivity index (χ0) is 20.7. The molecule has 1 aliphatic carbocycles. The van der Waals surface area contributed by atoms with Gasteiger partial charge < -0.3 is 11.1 Å². The van der Waals surface area contributed by atoms with E-state index in [4.69, 9.17) is 5.73 Å². The largest absolute Gasteiger partial charge is 0.398 e. The Kier molecular flexibility index (Phi) is 4.16. The minimum absolute atomic E-state index is 0.0519. The summed E-state index contributed by atoms with van der Waals surface area (Å²) in [4.78, 5) is 48.9. The second-order valence-corrected chi connectivity index (χ2v) is 6.42. The summed E-state index contributed by atoms with van der Waals surface area (Å²) >= 11 is 0. The predicted octanol–water partition coefficient (Wildman–Crippen LogP) is 3.20. The van der Waals surface area contributed by atoms with Crippen LogP contribution in [0, 0.1) is 10.1 Å². The maximum absolute atomic E-state index is 13.0. The van der Waals surface area contributed by atoms with Gasteiger partial charge in [0.1, 0.15) is 0 Å². The van der Waals surface area contributed by atoms with Gasteiger partial charge in [-0.3, -0.25) is 24.5 Å². The summed E-state index contributed by atoms with van der Waals surface area (Å²) in [5.74, 6) is -1.48. The minimum atomic E-state index is -0.638. The topological polar surface area (TPSA) is 132 Å². The van der Waals surface area contributed by atoms with Gasteiger partial charge in [-0.2, -0.15) is 0 Å². The standard InChI is InChI=1S/C21H13N3O5/c22-15-8-2-6-13-17(15)19(25)14-7-3-9-16(18(14)20(13)26)23-21(27)11-4-1-5-12(10-11)24(28)29/h1-10H,22H2,(H,23,27). The zero-order valence-electron chi connectivity index (χ0n) is 14.8. The third-order valence-electron chi connectivity index (χ3n) is 4.67. The average Bonchev–Trinajstić information content (AvgIpc) is 2.71. The summed E-state index contributed by atoms with van der Waals surface area (Å²) in [5, 5.41) is 13.5. The predicted molar refractivity (Wildman–Crippen MR) is 105 cm³/mol. The highest BCUT2D eigenvalue weighted by Crippen LogP contribution is 2.34. The van der Waals surface area contributed by atoms with Gasteiger partial charge in [0, 0.05) is 34.5 Å². The molecule has 0 heterocycles. The third kappa shape index (κ3) is 2.92. The summed E-state index contributed by atoms with van der Waals surface area (Å²) in [5.41, 5.74) is 6.57. The number of hydrogen-bond acceptors (Lipinski definition) is 6. The van der Waals surface area contributed by atoms with Gasteiger partial charge in [-0.15, -0.1) is 0 Å². The first-order valence-electron chi connectivity index (χ1n) is 8.55. The molecular weight excluding hydrogens is 374 g/mol. The molecule has 0 saturated carbocycles. The maximum atomic E-state index is 13.0. The van der Waals surface area contributed by atoms with Crippen molar-refractivity contribution in [3.63, 3.8) is 0 Å². The van der Waals surface area contributed by atoms with E-state index in [0.29, 0.717) is 0 Å². The molecule has 0 spiro atoms. The van der Waals surface area contributed by atoms with Crippen LogP contribution >= 0.6 is 0 Å². The Labute approximate surface area is 164 Å². The Morgan fingerprint density at radius 2 is 1.52 bits per heavy atom. The number of nitrogen functional groups attached to an aromatic ring is 1. The number of non-ortho nitro benzene ring substituents is 1. The average molecular weight is 387 g/mol. The van der Waals surface area contributed by atoms with Crippen LogP contribution in [0.1, 0.15) is 42.2 Å². The summed E-state index contributed by atoms with van der Waals surface area (Å²) in [7, 11) is 0. The number of nitrogens with one attached hydrogen (secondary N) is 1. The second-order valence-electron chi connectivity index (χ2n) is 6.42. The molecule has 1 amide bonds. The van der Waals surface area contributed by atoms with E-state index in [9.17, 15) is 24.5 Å². The number of nitrogens with zero attached hydrogens (tertiary/aromatic N) is 1. The molecule has 3 aromatic rings. The Bertz CT molecular complexity index is 1230. The molecule has 0 atom stereocenters. The lowest BCUT2D eigenvalue weighted by Crippen LogP contribution is -2.25. The normalized spacial score (nSPS) is 12.1. The van der Waals surface area contributed by atoms with Gasteiger partial charge in [-0.25, -0.2) is 0 Å². The number of nitro groups is 1. The maximum Gasteiger partial charge on any atom is 0.270 e. The van der Waals surface area contributed by atoms with Crippen molar-refractivity contribution in [2.24, 2.45) is 0 Å². The number of carbonyl (C=O) groups is 3. The molecule has 8 nitrogen and oxygen atoms in total. The molecule has 0 unspecified atom stereocenters. The number of fused-ring (bicyclic) bond motifs is 2. The van der Waals surface area contributed by atoms with Crippen molar-refractivity contribution < 1.29 is 19.3 Å². The quantitative estimate of drug-likeness (QED) is 0.315. The van der Waals surface area contributed by atoms with E-state index in [2.05, 4.69) is 5.32 Å². The van der Waals surface area contributed by atoms with Crippen molar-refractivity contribution in [2.45, 2.75) is 0 Å². The Balaban J connectivity index is 1.76. The lowest BCUT2D eigenvalue weighted by molar-refractivity contribution is -0.384. The monoisotopic (exact) mass is 387 g/mol. The van der Waals surface area contributed by atoms with Crippen LogP contribution in [-0.4, -0.2) is 22.4 Å². The van der Waals surface area contributed by atoms with Crippen LogP contribution in [0.4, 0.5) is 17.1 Å². The van der Waals surface area contributed by atoms with E-state index in [1.54, 1.807) is 12.1 Å². The molecule has 1 aliphatic rings. The number of ketones is 2. The summed E-state index contributed by atoms with van der Waals surface area (Å²) in [6.07, 6.45) is 0. The molecule has 3 aromatic carbocycles. The number of nitro benzene ring substituents is 1. The van der Waals surface area contributed by atoms with Gasteiger partial charge in [-0.05, 0) is 18.2 Å². The van der Waals surface area contributed by atoms with E-state index in [-0.39, 0.29) is 44.9 Å². The molecule has 4 rings (SSSR count). The van der Waals surface area contributed by atoms with Gasteiger partial charge in [0.05, 0.1) is 21.7 Å². The smallest absolute Gasteiger partial charge is 0.270 e. The van der Waals surface area contributed by atoms with E-state index >= 15 is 0 Å². The van der Waals surface area contributed by atoms with Crippen LogP contribution in [0.25, 0.3) is 0 Å². The molecule has 0 aliphatic heterocycles. The number of hydrogen-bond donors (Lipinski definition) is 2. The summed E-state index contributed by atoms with van der Waals surface area (Å²) in [6, 6.07) is 14.4. The molecule has 0 bridgehead atoms. The molecule has 142 valence electrons. The lowest BCUT2D eigenvalue weighted by atomic mass is 9.82. The van der Waals surface area contributed by atoms with Crippen molar-refractivity contribution in [1.29, 1.82) is 0 Å². The first-order valence-corrected chi connectivity index (χ1v) is 8.55. The van der Waals surface area contributed by atoms with Crippen molar-refractivity contribution in [3.8, 4) is 0 Å². The lowest BCUT2D eigenvalue weighted by Gasteiger charge is -2.21. The number of benzene rings is 3. The first kappa shape index (κ1) is 18.1. The minimum Gasteiger partial charge on any atom is -0.398 e. The summed E-state index contributed by atoms with van der Waals surface area (Å²) in [6.45, 7) is 0. The Hall–Kier alpha value is -4.33. The van der Waals surface area contributed by atoms with Gasteiger partial charge in [0.25, 0.3) is 11.6 Å². The highest BCUT2D eigenvalue weighted by Gasteiger charge is 2.33. The third-order valence-corrected chi connectivity index (χ3v) is 4.67. The van der Waals surface area contributed by atoms with Crippen LogP contribution in [0.2, 0.25) is 0 Å². The summed E-state index contributed by atoms with van der Waals surface area (Å²) < 4.78 is 0. The van der Waals surface area contributed by atoms with E-state index in [0.717, 1.165) is 6.07 Å². The van der Waals surface area contributed by atoms with Crippen molar-refractivity contribution in [1.82, 2.24) is 0 Å². The molecule has 3 N–H and O–H groups in total. The van der Waals surface area contributed by atoms with Crippen molar-refractivity contribution in [2.75, 3.05) is 11.1 Å². The van der Waals surface area contributed by atoms with Gasteiger partial charge in [-0.1, -0.05) is 30.3 Å². The molecule has 8 heteroatoms. The molecule has 0 fully saturated rings. The first-order chi connectivity index (χ1) is 13.9. The number of nitrogens with two attached hydrogens (primary N) is 1. The Morgan fingerprint density at radius 1 is 0.897 bits per heavy atom. The highest BCUT2D eigenvalue weighted by atomic mass is 16.6. The van der Waals surface area contributed by atoms with Crippen molar-refractivity contribution >= 4 is 34.5 Å². The van der Waals surface area contributed by atoms with Crippen LogP contribution in [0.3, 0.4) is 0 Å². The van der Waals surface area contributed by atoms with Crippen LogP contribution < -0.4 is 11.1 Å². The molecule has 0 aromatic heterocycles. The van der Waals surface area contributed by atoms with Crippen LogP contribution in [0.15, 0.2) is 60.7 Å². The number of anilines is 2. The van der Waals surface area contributed by atoms with Gasteiger partial charge >= 0.3 is 0 Å². The second kappa shape index (κ2) is 6.68. The number of amides is 1. The van der Waals surface area contributed by atoms with E-state index < -0.39 is 22.4 Å². The van der Waals surface area contributed by atoms with E-state index in [1.807, 2.05) is 0 Å². The number of carbonyl (C=O) groups excluding carboxylic acids is 3. The fourth-order valence-corrected chi connectivity index (χ4v) is 3.33. The fraction of sp³-hybridized carbons (Fsp3) is 0. The molecule has 0 saturated heterocycles. The van der Waals surface area contributed by atoms with E-state index in [1.165, 1.54) is 42.5 Å². The Morgan fingerprint density at radius 3 is 2.24 bits per heavy atom.